The Bertz CT molecular complexity index is 1320. The van der Waals surface area contributed by atoms with Crippen LogP contribution < -0.4 is 4.74 Å². The molecule has 0 aliphatic carbocycles. The number of carbonyl (C=O) groups is 2. The van der Waals surface area contributed by atoms with Gasteiger partial charge in [-0.25, -0.2) is 9.97 Å². The molecule has 10 nitrogen and oxygen atoms in total. The molecular formula is C22H19N5O5S. The lowest BCUT2D eigenvalue weighted by Crippen LogP contribution is -2.49. The quantitative estimate of drug-likeness (QED) is 0.380. The van der Waals surface area contributed by atoms with Gasteiger partial charge in [-0.1, -0.05) is 11.3 Å². The van der Waals surface area contributed by atoms with E-state index in [9.17, 15) is 9.59 Å². The van der Waals surface area contributed by atoms with E-state index in [0.717, 1.165) is 28.9 Å². The summed E-state index contributed by atoms with van der Waals surface area (Å²) in [5.41, 5.74) is 2.06. The standard InChI is InChI=1S/C22H19N5O5S/c28-12-30-11-20(29)27-9-13-4-14(27)8-26(13)10-16-5-17-18(31-16)6-15(7-24-17)32-22-25-21-19(33-22)2-1-3-23-21/h1-3,5-7,12-14H,4,8-11H2/t13-,14-/m1/s1. The van der Waals surface area contributed by atoms with Crippen molar-refractivity contribution in [3.05, 3.63) is 42.4 Å². The first-order valence-corrected chi connectivity index (χ1v) is 11.3. The van der Waals surface area contributed by atoms with Crippen molar-refractivity contribution in [2.75, 3.05) is 19.7 Å². The molecule has 6 rings (SSSR count). The predicted molar refractivity (Wildman–Crippen MR) is 118 cm³/mol. The molecule has 2 fully saturated rings. The summed E-state index contributed by atoms with van der Waals surface area (Å²) in [7, 11) is 0. The maximum absolute atomic E-state index is 12.2. The van der Waals surface area contributed by atoms with Crippen molar-refractivity contribution in [1.29, 1.82) is 0 Å². The van der Waals surface area contributed by atoms with E-state index in [1.54, 1.807) is 12.4 Å². The molecule has 4 aromatic heterocycles. The lowest BCUT2D eigenvalue weighted by molar-refractivity contribution is -0.144. The van der Waals surface area contributed by atoms with E-state index in [2.05, 4.69) is 24.6 Å². The Morgan fingerprint density at radius 2 is 2.21 bits per heavy atom. The molecule has 33 heavy (non-hydrogen) atoms. The third-order valence-corrected chi connectivity index (χ3v) is 6.94. The van der Waals surface area contributed by atoms with Crippen LogP contribution in [-0.2, 0) is 20.9 Å². The predicted octanol–water partition coefficient (Wildman–Crippen LogP) is 2.58. The van der Waals surface area contributed by atoms with Gasteiger partial charge in [-0.3, -0.25) is 14.5 Å². The van der Waals surface area contributed by atoms with Crippen molar-refractivity contribution in [2.45, 2.75) is 25.0 Å². The topological polar surface area (TPSA) is 111 Å². The summed E-state index contributed by atoms with van der Waals surface area (Å²) in [5.74, 6) is 1.22. The average molecular weight is 465 g/mol. The minimum atomic E-state index is -0.195. The molecule has 1 amide bonds. The molecule has 0 N–H and O–H groups in total. The molecule has 4 aromatic rings. The summed E-state index contributed by atoms with van der Waals surface area (Å²) in [5, 5.41) is 0.502. The summed E-state index contributed by atoms with van der Waals surface area (Å²) < 4.78 is 17.5. The molecule has 6 heterocycles. The van der Waals surface area contributed by atoms with Crippen LogP contribution in [-0.4, -0.2) is 68.9 Å². The fraction of sp³-hybridized carbons (Fsp3) is 0.318. The van der Waals surface area contributed by atoms with Gasteiger partial charge in [-0.2, -0.15) is 4.98 Å². The first-order chi connectivity index (χ1) is 16.2. The van der Waals surface area contributed by atoms with Crippen LogP contribution in [0.4, 0.5) is 0 Å². The number of rotatable bonds is 7. The smallest absolute Gasteiger partial charge is 0.293 e. The first-order valence-electron chi connectivity index (χ1n) is 10.5. The van der Waals surface area contributed by atoms with Gasteiger partial charge in [0, 0.05) is 43.5 Å². The van der Waals surface area contributed by atoms with Crippen LogP contribution in [0, 0.1) is 0 Å². The molecule has 11 heteroatoms. The number of thiazole rings is 1. The largest absolute Gasteiger partial charge is 0.458 e. The van der Waals surface area contributed by atoms with Gasteiger partial charge in [0.1, 0.15) is 11.3 Å². The number of nitrogens with zero attached hydrogens (tertiary/aromatic N) is 5. The van der Waals surface area contributed by atoms with Gasteiger partial charge in [0.15, 0.2) is 23.6 Å². The van der Waals surface area contributed by atoms with Crippen molar-refractivity contribution >= 4 is 45.2 Å². The number of furan rings is 1. The molecule has 168 valence electrons. The van der Waals surface area contributed by atoms with E-state index >= 15 is 0 Å². The highest BCUT2D eigenvalue weighted by Crippen LogP contribution is 2.34. The molecule has 2 atom stereocenters. The van der Waals surface area contributed by atoms with Crippen molar-refractivity contribution in [3.63, 3.8) is 0 Å². The molecule has 2 aliphatic heterocycles. The molecule has 2 saturated heterocycles. The highest BCUT2D eigenvalue weighted by Gasteiger charge is 2.45. The van der Waals surface area contributed by atoms with Gasteiger partial charge >= 0.3 is 0 Å². The summed E-state index contributed by atoms with van der Waals surface area (Å²) in [4.78, 5) is 39.7. The van der Waals surface area contributed by atoms with Crippen molar-refractivity contribution in [1.82, 2.24) is 24.8 Å². The van der Waals surface area contributed by atoms with Crippen molar-refractivity contribution in [2.24, 2.45) is 0 Å². The number of hydrogen-bond donors (Lipinski definition) is 0. The molecule has 0 spiro atoms. The number of amides is 1. The second kappa shape index (κ2) is 8.09. The van der Waals surface area contributed by atoms with Crippen LogP contribution in [0.1, 0.15) is 12.2 Å². The van der Waals surface area contributed by atoms with Gasteiger partial charge in [0.05, 0.1) is 17.4 Å². The first kappa shape index (κ1) is 20.1. The van der Waals surface area contributed by atoms with E-state index < -0.39 is 0 Å². The van der Waals surface area contributed by atoms with E-state index in [-0.39, 0.29) is 24.6 Å². The SMILES string of the molecule is O=COCC(=O)N1C[C@H]2C[C@@H]1CN2Cc1cc2ncc(Oc3nc4ncccc4s3)cc2o1. The van der Waals surface area contributed by atoms with Gasteiger partial charge < -0.3 is 18.8 Å². The van der Waals surface area contributed by atoms with E-state index in [4.69, 9.17) is 9.15 Å². The van der Waals surface area contributed by atoms with Crippen LogP contribution >= 0.6 is 11.3 Å². The van der Waals surface area contributed by atoms with Gasteiger partial charge in [-0.05, 0) is 18.6 Å². The fourth-order valence-electron chi connectivity index (χ4n) is 4.61. The summed E-state index contributed by atoms with van der Waals surface area (Å²) in [6, 6.07) is 7.98. The Balaban J connectivity index is 1.13. The fourth-order valence-corrected chi connectivity index (χ4v) is 5.41. The number of piperazine rings is 1. The zero-order valence-electron chi connectivity index (χ0n) is 17.4. The van der Waals surface area contributed by atoms with E-state index in [1.807, 2.05) is 29.2 Å². The summed E-state index contributed by atoms with van der Waals surface area (Å²) in [6.07, 6.45) is 4.28. The maximum Gasteiger partial charge on any atom is 0.293 e. The molecule has 2 aliphatic rings. The van der Waals surface area contributed by atoms with Crippen molar-refractivity contribution in [3.8, 4) is 10.9 Å². The van der Waals surface area contributed by atoms with E-state index in [1.165, 1.54) is 11.3 Å². The molecule has 0 unspecified atom stereocenters. The Hall–Kier alpha value is -3.57. The number of pyridine rings is 2. The van der Waals surface area contributed by atoms with Gasteiger partial charge in [0.25, 0.3) is 17.6 Å². The lowest BCUT2D eigenvalue weighted by atomic mass is 10.2. The number of ether oxygens (including phenoxy) is 2. The van der Waals surface area contributed by atoms with Crippen LogP contribution in [0.25, 0.3) is 21.4 Å². The van der Waals surface area contributed by atoms with Crippen LogP contribution in [0.3, 0.4) is 0 Å². The van der Waals surface area contributed by atoms with Crippen LogP contribution in [0.15, 0.2) is 41.1 Å². The average Bonchev–Trinajstić information content (AvgIpc) is 3.59. The molecular weight excluding hydrogens is 446 g/mol. The number of fused-ring (bicyclic) bond motifs is 4. The number of aromatic nitrogens is 3. The minimum Gasteiger partial charge on any atom is -0.458 e. The van der Waals surface area contributed by atoms with Crippen molar-refractivity contribution < 1.29 is 23.5 Å². The normalized spacial score (nSPS) is 20.1. The van der Waals surface area contributed by atoms with Gasteiger partial charge in [0.2, 0.25) is 0 Å². The zero-order chi connectivity index (χ0) is 22.4. The Kier molecular flexibility index (Phi) is 4.92. The summed E-state index contributed by atoms with van der Waals surface area (Å²) in [6.45, 7) is 2.16. The third-order valence-electron chi connectivity index (χ3n) is 6.05. The second-order valence-corrected chi connectivity index (χ2v) is 9.09. The third kappa shape index (κ3) is 3.79. The lowest BCUT2D eigenvalue weighted by Gasteiger charge is -2.33. The maximum atomic E-state index is 12.2. The number of likely N-dealkylation sites (tertiary alicyclic amines) is 2. The summed E-state index contributed by atoms with van der Waals surface area (Å²) >= 11 is 1.42. The van der Waals surface area contributed by atoms with E-state index in [0.29, 0.717) is 41.7 Å². The molecule has 0 radical (unpaired) electrons. The second-order valence-electron chi connectivity index (χ2n) is 8.10. The van der Waals surface area contributed by atoms with Crippen LogP contribution in [0.2, 0.25) is 0 Å². The number of carbonyl (C=O) groups excluding carboxylic acids is 2. The van der Waals surface area contributed by atoms with Gasteiger partial charge in [-0.15, -0.1) is 0 Å². The Morgan fingerprint density at radius 3 is 3.03 bits per heavy atom. The highest BCUT2D eigenvalue weighted by molar-refractivity contribution is 7.20. The highest BCUT2D eigenvalue weighted by atomic mass is 32.1. The monoisotopic (exact) mass is 465 g/mol. The molecule has 2 bridgehead atoms. The van der Waals surface area contributed by atoms with Crippen LogP contribution in [0.5, 0.6) is 10.9 Å². The zero-order valence-corrected chi connectivity index (χ0v) is 18.2. The molecule has 0 aromatic carbocycles. The Labute approximate surface area is 191 Å². The number of hydrogen-bond acceptors (Lipinski definition) is 10. The molecule has 0 saturated carbocycles. The minimum absolute atomic E-state index is 0.140. The Morgan fingerprint density at radius 1 is 1.27 bits per heavy atom.